The van der Waals surface area contributed by atoms with E-state index in [0.717, 1.165) is 16.9 Å². The minimum Gasteiger partial charge on any atom is -0.497 e. The highest BCUT2D eigenvalue weighted by atomic mass is 16.5. The van der Waals surface area contributed by atoms with Crippen molar-refractivity contribution in [2.45, 2.75) is 6.92 Å². The average molecular weight is 325 g/mol. The van der Waals surface area contributed by atoms with E-state index >= 15 is 0 Å². The van der Waals surface area contributed by atoms with E-state index in [2.05, 4.69) is 15.2 Å². The van der Waals surface area contributed by atoms with Crippen molar-refractivity contribution in [3.8, 4) is 40.0 Å². The third-order valence-corrected chi connectivity index (χ3v) is 3.55. The third kappa shape index (κ3) is 3.17. The number of aromatic nitrogens is 3. The molecular weight excluding hydrogens is 306 g/mol. The second-order valence-electron chi connectivity index (χ2n) is 5.04. The van der Waals surface area contributed by atoms with Gasteiger partial charge in [-0.15, -0.1) is 0 Å². The van der Waals surface area contributed by atoms with E-state index in [0.29, 0.717) is 29.8 Å². The molecule has 0 amide bonds. The standard InChI is InChI=1S/C18H19N3O3/c1-4-24-16-11-13(8-9-15(16)23-3)18-19-17(20-21-18)12-6-5-7-14(10-12)22-2/h5-11H,4H2,1-3H3,(H,19,20,21). The fraction of sp³-hybridized carbons (Fsp3) is 0.222. The molecular formula is C18H19N3O3. The van der Waals surface area contributed by atoms with Gasteiger partial charge in [0.25, 0.3) is 0 Å². The molecule has 0 saturated carbocycles. The number of nitrogens with one attached hydrogen (secondary N) is 1. The maximum Gasteiger partial charge on any atom is 0.181 e. The topological polar surface area (TPSA) is 69.3 Å². The molecule has 0 bridgehead atoms. The molecule has 6 heteroatoms. The van der Waals surface area contributed by atoms with Gasteiger partial charge < -0.3 is 14.2 Å². The number of H-pyrrole nitrogens is 1. The normalized spacial score (nSPS) is 10.5. The molecule has 1 N–H and O–H groups in total. The summed E-state index contributed by atoms with van der Waals surface area (Å²) in [5, 5.41) is 7.26. The van der Waals surface area contributed by atoms with E-state index in [1.807, 2.05) is 49.4 Å². The van der Waals surface area contributed by atoms with Crippen LogP contribution in [0.25, 0.3) is 22.8 Å². The van der Waals surface area contributed by atoms with Crippen molar-refractivity contribution in [2.75, 3.05) is 20.8 Å². The first-order valence-electron chi connectivity index (χ1n) is 7.63. The molecule has 0 aliphatic carbocycles. The molecule has 0 atom stereocenters. The second-order valence-corrected chi connectivity index (χ2v) is 5.04. The SMILES string of the molecule is CCOc1cc(-c2nc(-c3cccc(OC)c3)n[nH]2)ccc1OC. The molecule has 6 nitrogen and oxygen atoms in total. The number of methoxy groups -OCH3 is 2. The minimum atomic E-state index is 0.561. The molecule has 124 valence electrons. The van der Waals surface area contributed by atoms with Crippen LogP contribution in [0.3, 0.4) is 0 Å². The number of rotatable bonds is 6. The quantitative estimate of drug-likeness (QED) is 0.750. The Morgan fingerprint density at radius 1 is 0.958 bits per heavy atom. The zero-order valence-electron chi connectivity index (χ0n) is 13.9. The average Bonchev–Trinajstić information content (AvgIpc) is 3.12. The Labute approximate surface area is 140 Å². The fourth-order valence-electron chi connectivity index (χ4n) is 2.37. The van der Waals surface area contributed by atoms with Crippen LogP contribution in [0.5, 0.6) is 17.2 Å². The Bertz CT molecular complexity index is 830. The smallest absolute Gasteiger partial charge is 0.181 e. The fourth-order valence-corrected chi connectivity index (χ4v) is 2.37. The molecule has 0 spiro atoms. The summed E-state index contributed by atoms with van der Waals surface area (Å²) in [6.45, 7) is 2.49. The molecule has 0 aliphatic rings. The van der Waals surface area contributed by atoms with Gasteiger partial charge in [0, 0.05) is 11.1 Å². The van der Waals surface area contributed by atoms with Crippen molar-refractivity contribution < 1.29 is 14.2 Å². The van der Waals surface area contributed by atoms with Crippen LogP contribution in [0, 0.1) is 0 Å². The summed E-state index contributed by atoms with van der Waals surface area (Å²) in [4.78, 5) is 4.56. The molecule has 0 fully saturated rings. The van der Waals surface area contributed by atoms with Crippen LogP contribution in [-0.2, 0) is 0 Å². The van der Waals surface area contributed by atoms with E-state index in [9.17, 15) is 0 Å². The van der Waals surface area contributed by atoms with Crippen LogP contribution in [0.1, 0.15) is 6.92 Å². The lowest BCUT2D eigenvalue weighted by molar-refractivity contribution is 0.311. The molecule has 0 radical (unpaired) electrons. The Morgan fingerprint density at radius 3 is 2.58 bits per heavy atom. The van der Waals surface area contributed by atoms with Gasteiger partial charge in [-0.3, -0.25) is 5.10 Å². The monoisotopic (exact) mass is 325 g/mol. The van der Waals surface area contributed by atoms with Crippen molar-refractivity contribution in [3.63, 3.8) is 0 Å². The molecule has 0 aliphatic heterocycles. The summed E-state index contributed by atoms with van der Waals surface area (Å²) in [5.74, 6) is 3.40. The van der Waals surface area contributed by atoms with Crippen LogP contribution in [0.2, 0.25) is 0 Å². The Kier molecular flexibility index (Phi) is 4.65. The lowest BCUT2D eigenvalue weighted by Crippen LogP contribution is -1.96. The molecule has 1 heterocycles. The van der Waals surface area contributed by atoms with Gasteiger partial charge in [0.15, 0.2) is 23.1 Å². The predicted molar refractivity (Wildman–Crippen MR) is 91.5 cm³/mol. The number of nitrogens with zero attached hydrogens (tertiary/aromatic N) is 2. The molecule has 0 unspecified atom stereocenters. The van der Waals surface area contributed by atoms with Crippen molar-refractivity contribution in [1.29, 1.82) is 0 Å². The summed E-state index contributed by atoms with van der Waals surface area (Å²) in [7, 11) is 3.25. The first kappa shape index (κ1) is 15.9. The molecule has 3 aromatic rings. The van der Waals surface area contributed by atoms with Crippen LogP contribution in [0.15, 0.2) is 42.5 Å². The van der Waals surface area contributed by atoms with E-state index in [1.54, 1.807) is 14.2 Å². The van der Waals surface area contributed by atoms with Gasteiger partial charge in [0.05, 0.1) is 20.8 Å². The van der Waals surface area contributed by atoms with Crippen LogP contribution in [-0.4, -0.2) is 36.0 Å². The van der Waals surface area contributed by atoms with Crippen LogP contribution < -0.4 is 14.2 Å². The van der Waals surface area contributed by atoms with Crippen LogP contribution >= 0.6 is 0 Å². The van der Waals surface area contributed by atoms with E-state index in [4.69, 9.17) is 14.2 Å². The minimum absolute atomic E-state index is 0.561. The summed E-state index contributed by atoms with van der Waals surface area (Å²) >= 11 is 0. The maximum atomic E-state index is 5.61. The van der Waals surface area contributed by atoms with Crippen LogP contribution in [0.4, 0.5) is 0 Å². The van der Waals surface area contributed by atoms with E-state index < -0.39 is 0 Å². The molecule has 0 saturated heterocycles. The van der Waals surface area contributed by atoms with Gasteiger partial charge in [0.2, 0.25) is 0 Å². The van der Waals surface area contributed by atoms with Gasteiger partial charge in [0.1, 0.15) is 5.75 Å². The predicted octanol–water partition coefficient (Wildman–Crippen LogP) is 3.55. The number of hydrogen-bond acceptors (Lipinski definition) is 5. The number of hydrogen-bond donors (Lipinski definition) is 1. The third-order valence-electron chi connectivity index (χ3n) is 3.55. The van der Waals surface area contributed by atoms with E-state index in [1.165, 1.54) is 0 Å². The number of aromatic amines is 1. The maximum absolute atomic E-state index is 5.61. The largest absolute Gasteiger partial charge is 0.497 e. The van der Waals surface area contributed by atoms with Crippen molar-refractivity contribution in [2.24, 2.45) is 0 Å². The lowest BCUT2D eigenvalue weighted by atomic mass is 10.2. The molecule has 3 rings (SSSR count). The second kappa shape index (κ2) is 7.04. The summed E-state index contributed by atoms with van der Waals surface area (Å²) in [6.07, 6.45) is 0. The highest BCUT2D eigenvalue weighted by Gasteiger charge is 2.12. The molecule has 1 aromatic heterocycles. The first-order valence-corrected chi connectivity index (χ1v) is 7.63. The molecule has 2 aromatic carbocycles. The first-order chi connectivity index (χ1) is 11.7. The lowest BCUT2D eigenvalue weighted by Gasteiger charge is -2.09. The van der Waals surface area contributed by atoms with Gasteiger partial charge in [-0.2, -0.15) is 5.10 Å². The summed E-state index contributed by atoms with van der Waals surface area (Å²) in [6, 6.07) is 13.3. The highest BCUT2D eigenvalue weighted by Crippen LogP contribution is 2.32. The van der Waals surface area contributed by atoms with Gasteiger partial charge in [-0.05, 0) is 37.3 Å². The van der Waals surface area contributed by atoms with Gasteiger partial charge in [-0.25, -0.2) is 4.98 Å². The number of ether oxygens (including phenoxy) is 3. The van der Waals surface area contributed by atoms with Crippen molar-refractivity contribution >= 4 is 0 Å². The number of benzene rings is 2. The summed E-state index contributed by atoms with van der Waals surface area (Å²) in [5.41, 5.74) is 1.76. The highest BCUT2D eigenvalue weighted by molar-refractivity contribution is 5.64. The molecule has 24 heavy (non-hydrogen) atoms. The Hall–Kier alpha value is -3.02. The Balaban J connectivity index is 1.94. The van der Waals surface area contributed by atoms with Gasteiger partial charge >= 0.3 is 0 Å². The zero-order valence-corrected chi connectivity index (χ0v) is 13.9. The van der Waals surface area contributed by atoms with Crippen molar-refractivity contribution in [3.05, 3.63) is 42.5 Å². The van der Waals surface area contributed by atoms with Crippen molar-refractivity contribution in [1.82, 2.24) is 15.2 Å². The zero-order chi connectivity index (χ0) is 16.9. The Morgan fingerprint density at radius 2 is 1.83 bits per heavy atom. The van der Waals surface area contributed by atoms with Gasteiger partial charge in [-0.1, -0.05) is 12.1 Å². The van der Waals surface area contributed by atoms with E-state index in [-0.39, 0.29) is 0 Å². The summed E-state index contributed by atoms with van der Waals surface area (Å²) < 4.78 is 16.2.